The minimum atomic E-state index is 0.710. The lowest BCUT2D eigenvalue weighted by Gasteiger charge is -2.05. The molecule has 1 N–H and O–H groups in total. The molecule has 0 bridgehead atoms. The van der Waals surface area contributed by atoms with Crippen molar-refractivity contribution in [3.63, 3.8) is 0 Å². The van der Waals surface area contributed by atoms with Gasteiger partial charge in [-0.05, 0) is 51.9 Å². The average Bonchev–Trinajstić information content (AvgIpc) is 2.63. The van der Waals surface area contributed by atoms with Crippen molar-refractivity contribution in [1.82, 2.24) is 5.32 Å². The van der Waals surface area contributed by atoms with Crippen LogP contribution in [0.3, 0.4) is 0 Å². The second-order valence-corrected chi connectivity index (χ2v) is 5.41. The fourth-order valence-electron chi connectivity index (χ4n) is 1.84. The van der Waals surface area contributed by atoms with Gasteiger partial charge in [0.1, 0.15) is 17.1 Å². The van der Waals surface area contributed by atoms with Gasteiger partial charge in [-0.1, -0.05) is 0 Å². The van der Waals surface area contributed by atoms with Gasteiger partial charge in [-0.3, -0.25) is 0 Å². The van der Waals surface area contributed by atoms with E-state index in [2.05, 4.69) is 44.1 Å². The van der Waals surface area contributed by atoms with Crippen molar-refractivity contribution >= 4 is 42.8 Å². The SMILES string of the molecule is CNCc1oc2c(Br)cc(OC)c(Br)c2c1C. The van der Waals surface area contributed by atoms with E-state index >= 15 is 0 Å². The van der Waals surface area contributed by atoms with Crippen LogP contribution in [0.5, 0.6) is 5.75 Å². The first-order chi connectivity index (χ1) is 8.10. The molecule has 1 heterocycles. The standard InChI is InChI=1S/C12H13Br2NO2/c1-6-9(5-15-2)17-12-7(13)4-8(16-3)11(14)10(6)12/h4,15H,5H2,1-3H3. The zero-order valence-electron chi connectivity index (χ0n) is 9.86. The molecule has 0 fully saturated rings. The second-order valence-electron chi connectivity index (χ2n) is 3.76. The molecule has 0 saturated heterocycles. The Morgan fingerprint density at radius 2 is 2.12 bits per heavy atom. The van der Waals surface area contributed by atoms with E-state index in [0.717, 1.165) is 37.0 Å². The molecule has 1 aromatic carbocycles. The normalized spacial score (nSPS) is 11.1. The summed E-state index contributed by atoms with van der Waals surface area (Å²) in [6, 6.07) is 1.90. The molecule has 2 aromatic rings. The zero-order valence-corrected chi connectivity index (χ0v) is 13.0. The predicted octanol–water partition coefficient (Wildman–Crippen LogP) is 3.99. The predicted molar refractivity (Wildman–Crippen MR) is 75.7 cm³/mol. The molecule has 0 unspecified atom stereocenters. The minimum Gasteiger partial charge on any atom is -0.496 e. The first-order valence-electron chi connectivity index (χ1n) is 5.18. The van der Waals surface area contributed by atoms with Gasteiger partial charge < -0.3 is 14.5 Å². The molecule has 0 saturated carbocycles. The van der Waals surface area contributed by atoms with E-state index in [9.17, 15) is 0 Å². The molecule has 3 nitrogen and oxygen atoms in total. The Labute approximate surface area is 117 Å². The largest absolute Gasteiger partial charge is 0.496 e. The van der Waals surface area contributed by atoms with E-state index in [1.54, 1.807) is 7.11 Å². The Morgan fingerprint density at radius 3 is 2.71 bits per heavy atom. The fourth-order valence-corrected chi connectivity index (χ4v) is 3.08. The van der Waals surface area contributed by atoms with E-state index in [1.807, 2.05) is 13.1 Å². The maximum atomic E-state index is 5.86. The lowest BCUT2D eigenvalue weighted by molar-refractivity contribution is 0.412. The number of rotatable bonds is 3. The van der Waals surface area contributed by atoms with Crippen molar-refractivity contribution in [3.05, 3.63) is 26.3 Å². The lowest BCUT2D eigenvalue weighted by atomic mass is 10.1. The van der Waals surface area contributed by atoms with Crippen molar-refractivity contribution in [2.45, 2.75) is 13.5 Å². The highest BCUT2D eigenvalue weighted by Gasteiger charge is 2.18. The van der Waals surface area contributed by atoms with Crippen molar-refractivity contribution in [2.75, 3.05) is 14.2 Å². The number of hydrogen-bond donors (Lipinski definition) is 1. The molecular formula is C12H13Br2NO2. The molecule has 0 radical (unpaired) electrons. The summed E-state index contributed by atoms with van der Waals surface area (Å²) < 4.78 is 13.0. The summed E-state index contributed by atoms with van der Waals surface area (Å²) >= 11 is 7.07. The van der Waals surface area contributed by atoms with Crippen molar-refractivity contribution in [2.24, 2.45) is 0 Å². The van der Waals surface area contributed by atoms with E-state index in [-0.39, 0.29) is 0 Å². The molecule has 0 spiro atoms. The van der Waals surface area contributed by atoms with Crippen molar-refractivity contribution in [3.8, 4) is 5.75 Å². The Kier molecular flexibility index (Phi) is 3.80. The van der Waals surface area contributed by atoms with Crippen LogP contribution >= 0.6 is 31.9 Å². The summed E-state index contributed by atoms with van der Waals surface area (Å²) in [5.74, 6) is 1.74. The molecule has 0 atom stereocenters. The maximum absolute atomic E-state index is 5.86. The summed E-state index contributed by atoms with van der Waals surface area (Å²) in [7, 11) is 3.56. The third kappa shape index (κ3) is 2.11. The Morgan fingerprint density at radius 1 is 1.41 bits per heavy atom. The van der Waals surface area contributed by atoms with Crippen LogP contribution in [0.1, 0.15) is 11.3 Å². The van der Waals surface area contributed by atoms with Gasteiger partial charge in [0, 0.05) is 10.9 Å². The summed E-state index contributed by atoms with van der Waals surface area (Å²) in [6.45, 7) is 2.76. The monoisotopic (exact) mass is 361 g/mol. The number of halogens is 2. The number of aryl methyl sites for hydroxylation is 1. The number of hydrogen-bond acceptors (Lipinski definition) is 3. The molecule has 0 aliphatic carbocycles. The molecule has 2 rings (SSSR count). The van der Waals surface area contributed by atoms with Crippen LogP contribution in [-0.2, 0) is 6.54 Å². The first-order valence-corrected chi connectivity index (χ1v) is 6.77. The van der Waals surface area contributed by atoms with Crippen LogP contribution in [-0.4, -0.2) is 14.2 Å². The van der Waals surface area contributed by atoms with E-state index < -0.39 is 0 Å². The highest BCUT2D eigenvalue weighted by atomic mass is 79.9. The van der Waals surface area contributed by atoms with Crippen LogP contribution < -0.4 is 10.1 Å². The zero-order chi connectivity index (χ0) is 12.6. The Bertz CT molecular complexity index is 563. The number of furan rings is 1. The van der Waals surface area contributed by atoms with Crippen LogP contribution in [0.15, 0.2) is 19.4 Å². The van der Waals surface area contributed by atoms with Crippen LogP contribution in [0.25, 0.3) is 11.0 Å². The van der Waals surface area contributed by atoms with Gasteiger partial charge in [0.25, 0.3) is 0 Å². The van der Waals surface area contributed by atoms with Gasteiger partial charge in [-0.2, -0.15) is 0 Å². The molecule has 0 amide bonds. The summed E-state index contributed by atoms with van der Waals surface area (Å²) in [5.41, 5.74) is 1.97. The molecule has 1 aromatic heterocycles. The van der Waals surface area contributed by atoms with Gasteiger partial charge in [0.05, 0.1) is 22.6 Å². The second kappa shape index (κ2) is 5.00. The minimum absolute atomic E-state index is 0.710. The molecule has 92 valence electrons. The lowest BCUT2D eigenvalue weighted by Crippen LogP contribution is -2.04. The van der Waals surface area contributed by atoms with Gasteiger partial charge in [-0.25, -0.2) is 0 Å². The highest BCUT2D eigenvalue weighted by Crippen LogP contribution is 2.41. The topological polar surface area (TPSA) is 34.4 Å². The van der Waals surface area contributed by atoms with Gasteiger partial charge >= 0.3 is 0 Å². The van der Waals surface area contributed by atoms with E-state index in [1.165, 1.54) is 0 Å². The van der Waals surface area contributed by atoms with Crippen LogP contribution in [0, 0.1) is 6.92 Å². The third-order valence-corrected chi connectivity index (χ3v) is 4.09. The third-order valence-electron chi connectivity index (χ3n) is 2.71. The highest BCUT2D eigenvalue weighted by molar-refractivity contribution is 9.11. The summed E-state index contributed by atoms with van der Waals surface area (Å²) in [4.78, 5) is 0. The van der Waals surface area contributed by atoms with Crippen LogP contribution in [0.4, 0.5) is 0 Å². The molecule has 0 aliphatic rings. The number of nitrogens with one attached hydrogen (secondary N) is 1. The summed E-state index contributed by atoms with van der Waals surface area (Å²) in [5, 5.41) is 4.15. The molecule has 5 heteroatoms. The Balaban J connectivity index is 2.77. The number of ether oxygens (including phenoxy) is 1. The van der Waals surface area contributed by atoms with Crippen molar-refractivity contribution < 1.29 is 9.15 Å². The van der Waals surface area contributed by atoms with E-state index in [0.29, 0.717) is 6.54 Å². The smallest absolute Gasteiger partial charge is 0.150 e. The average molecular weight is 363 g/mol. The number of benzene rings is 1. The first kappa shape index (κ1) is 12.9. The van der Waals surface area contributed by atoms with E-state index in [4.69, 9.17) is 9.15 Å². The number of methoxy groups -OCH3 is 1. The van der Waals surface area contributed by atoms with Crippen LogP contribution in [0.2, 0.25) is 0 Å². The van der Waals surface area contributed by atoms with Gasteiger partial charge in [-0.15, -0.1) is 0 Å². The summed E-state index contributed by atoms with van der Waals surface area (Å²) in [6.07, 6.45) is 0. The fraction of sp³-hybridized carbons (Fsp3) is 0.333. The van der Waals surface area contributed by atoms with Gasteiger partial charge in [0.15, 0.2) is 0 Å². The van der Waals surface area contributed by atoms with Crippen molar-refractivity contribution in [1.29, 1.82) is 0 Å². The molecule has 0 aliphatic heterocycles. The maximum Gasteiger partial charge on any atom is 0.150 e. The number of fused-ring (bicyclic) bond motifs is 1. The Hall–Kier alpha value is -0.520. The molecule has 17 heavy (non-hydrogen) atoms. The molecular weight excluding hydrogens is 350 g/mol. The quantitative estimate of drug-likeness (QED) is 0.896. The van der Waals surface area contributed by atoms with Gasteiger partial charge in [0.2, 0.25) is 0 Å².